The monoisotopic (exact) mass is 404 g/mol. The van der Waals surface area contributed by atoms with Gasteiger partial charge in [-0.25, -0.2) is 4.98 Å². The quantitative estimate of drug-likeness (QED) is 0.725. The first-order valence-electron chi connectivity index (χ1n) is 8.79. The molecule has 5 nitrogen and oxygen atoms in total. The first-order chi connectivity index (χ1) is 12.6. The molecule has 3 aromatic rings. The molecular formula is C20H22Cl2N4O. The number of nitrogens with two attached hydrogens (primary N) is 1. The molecule has 2 N–H and O–H groups in total. The van der Waals surface area contributed by atoms with E-state index in [4.69, 9.17) is 17.3 Å². The molecule has 0 unspecified atom stereocenters. The highest BCUT2D eigenvalue weighted by Crippen LogP contribution is 2.32. The number of likely N-dealkylation sites (tertiary alicyclic amines) is 1. The molecule has 1 saturated heterocycles. The molecule has 3 heterocycles. The number of benzene rings is 1. The molecule has 27 heavy (non-hydrogen) atoms. The Hall–Kier alpha value is -1.92. The summed E-state index contributed by atoms with van der Waals surface area (Å²) >= 11 is 5.97. The molecule has 1 aliphatic rings. The highest BCUT2D eigenvalue weighted by molar-refractivity contribution is 6.30. The van der Waals surface area contributed by atoms with Crippen molar-refractivity contribution < 1.29 is 0 Å². The number of halogens is 2. The summed E-state index contributed by atoms with van der Waals surface area (Å²) in [6.07, 6.45) is 1.60. The zero-order chi connectivity index (χ0) is 18.1. The van der Waals surface area contributed by atoms with Crippen molar-refractivity contribution in [1.82, 2.24) is 14.3 Å². The van der Waals surface area contributed by atoms with Gasteiger partial charge in [0.2, 0.25) is 0 Å². The van der Waals surface area contributed by atoms with Crippen LogP contribution in [0.4, 0.5) is 0 Å². The Bertz CT molecular complexity index is 977. The molecule has 0 amide bonds. The van der Waals surface area contributed by atoms with Gasteiger partial charge in [-0.05, 0) is 30.2 Å². The molecule has 0 aliphatic carbocycles. The van der Waals surface area contributed by atoms with Crippen LogP contribution in [0.1, 0.15) is 17.2 Å². The van der Waals surface area contributed by atoms with Gasteiger partial charge in [-0.2, -0.15) is 0 Å². The fraction of sp³-hybridized carbons (Fsp3) is 0.300. The maximum Gasteiger partial charge on any atom is 0.258 e. The molecule has 0 bridgehead atoms. The molecular weight excluding hydrogens is 383 g/mol. The standard InChI is InChI=1S/C20H21ClN4O.ClH/c21-16-6-7-19-23-17(8-20(26)25(19)11-16)12-24-10-15(9-22)18(13-24)14-4-2-1-3-5-14;/h1-8,11,15,18H,9-10,12-13,22H2;1H/t15-,18+;/m1./s1. The second kappa shape index (κ2) is 8.40. The molecule has 142 valence electrons. The van der Waals surface area contributed by atoms with Gasteiger partial charge in [0, 0.05) is 37.8 Å². The van der Waals surface area contributed by atoms with Crippen LogP contribution in [-0.4, -0.2) is 33.9 Å². The first-order valence-corrected chi connectivity index (χ1v) is 9.17. The lowest BCUT2D eigenvalue weighted by molar-refractivity contribution is 0.313. The molecule has 2 aromatic heterocycles. The average molecular weight is 405 g/mol. The Labute approximate surface area is 169 Å². The number of hydrogen-bond acceptors (Lipinski definition) is 4. The van der Waals surface area contributed by atoms with E-state index in [1.54, 1.807) is 24.4 Å². The van der Waals surface area contributed by atoms with Crippen molar-refractivity contribution >= 4 is 29.7 Å². The van der Waals surface area contributed by atoms with Crippen molar-refractivity contribution in [2.24, 2.45) is 11.7 Å². The number of pyridine rings is 1. The van der Waals surface area contributed by atoms with Crippen LogP contribution in [0, 0.1) is 5.92 Å². The largest absolute Gasteiger partial charge is 0.330 e. The second-order valence-corrected chi connectivity index (χ2v) is 7.30. The number of nitrogens with zero attached hydrogens (tertiary/aromatic N) is 3. The molecule has 2 atom stereocenters. The average Bonchev–Trinajstić information content (AvgIpc) is 3.06. The Morgan fingerprint density at radius 3 is 2.67 bits per heavy atom. The summed E-state index contributed by atoms with van der Waals surface area (Å²) < 4.78 is 1.48. The van der Waals surface area contributed by atoms with Crippen molar-refractivity contribution in [3.63, 3.8) is 0 Å². The van der Waals surface area contributed by atoms with Crippen LogP contribution in [0.3, 0.4) is 0 Å². The highest BCUT2D eigenvalue weighted by atomic mass is 35.5. The fourth-order valence-electron chi connectivity index (χ4n) is 3.84. The smallest absolute Gasteiger partial charge is 0.258 e. The van der Waals surface area contributed by atoms with Gasteiger partial charge < -0.3 is 5.73 Å². The minimum Gasteiger partial charge on any atom is -0.330 e. The fourth-order valence-corrected chi connectivity index (χ4v) is 4.00. The lowest BCUT2D eigenvalue weighted by Gasteiger charge is -2.16. The third-order valence-corrected chi connectivity index (χ3v) is 5.33. The van der Waals surface area contributed by atoms with Crippen LogP contribution in [0.15, 0.2) is 59.5 Å². The van der Waals surface area contributed by atoms with E-state index in [9.17, 15) is 4.79 Å². The first kappa shape index (κ1) is 19.8. The Kier molecular flexibility index (Phi) is 6.17. The second-order valence-electron chi connectivity index (χ2n) is 6.87. The molecule has 1 aliphatic heterocycles. The molecule has 0 spiro atoms. The van der Waals surface area contributed by atoms with E-state index in [1.807, 2.05) is 6.07 Å². The Morgan fingerprint density at radius 2 is 1.93 bits per heavy atom. The number of hydrogen-bond donors (Lipinski definition) is 1. The van der Waals surface area contributed by atoms with Crippen molar-refractivity contribution in [1.29, 1.82) is 0 Å². The third-order valence-electron chi connectivity index (χ3n) is 5.11. The van der Waals surface area contributed by atoms with Gasteiger partial charge in [0.1, 0.15) is 5.65 Å². The maximum absolute atomic E-state index is 12.4. The summed E-state index contributed by atoms with van der Waals surface area (Å²) in [4.78, 5) is 19.3. The highest BCUT2D eigenvalue weighted by Gasteiger charge is 2.32. The third kappa shape index (κ3) is 4.17. The van der Waals surface area contributed by atoms with E-state index in [-0.39, 0.29) is 18.0 Å². The van der Waals surface area contributed by atoms with Crippen LogP contribution in [0.5, 0.6) is 0 Å². The van der Waals surface area contributed by atoms with Crippen molar-refractivity contribution in [3.05, 3.63) is 81.4 Å². The van der Waals surface area contributed by atoms with Crippen LogP contribution < -0.4 is 11.3 Å². The van der Waals surface area contributed by atoms with Gasteiger partial charge in [-0.15, -0.1) is 12.4 Å². The van der Waals surface area contributed by atoms with E-state index < -0.39 is 0 Å². The lowest BCUT2D eigenvalue weighted by Crippen LogP contribution is -2.25. The van der Waals surface area contributed by atoms with Crippen molar-refractivity contribution in [2.45, 2.75) is 12.5 Å². The normalized spacial score (nSPS) is 19.9. The van der Waals surface area contributed by atoms with E-state index >= 15 is 0 Å². The summed E-state index contributed by atoms with van der Waals surface area (Å²) in [6.45, 7) is 3.14. The number of fused-ring (bicyclic) bond motifs is 1. The molecule has 0 saturated carbocycles. The molecule has 1 aromatic carbocycles. The minimum absolute atomic E-state index is 0. The summed E-state index contributed by atoms with van der Waals surface area (Å²) in [5.41, 5.74) is 8.63. The summed E-state index contributed by atoms with van der Waals surface area (Å²) in [5.74, 6) is 0.833. The lowest BCUT2D eigenvalue weighted by atomic mass is 9.89. The van der Waals surface area contributed by atoms with Crippen molar-refractivity contribution in [2.75, 3.05) is 19.6 Å². The molecule has 4 rings (SSSR count). The van der Waals surface area contributed by atoms with Gasteiger partial charge in [0.25, 0.3) is 5.56 Å². The van der Waals surface area contributed by atoms with Gasteiger partial charge >= 0.3 is 0 Å². The zero-order valence-electron chi connectivity index (χ0n) is 14.8. The van der Waals surface area contributed by atoms with Crippen LogP contribution in [-0.2, 0) is 6.54 Å². The van der Waals surface area contributed by atoms with Crippen LogP contribution in [0.25, 0.3) is 5.65 Å². The van der Waals surface area contributed by atoms with Gasteiger partial charge in [0.05, 0.1) is 10.7 Å². The van der Waals surface area contributed by atoms with Gasteiger partial charge in [-0.3, -0.25) is 14.1 Å². The molecule has 7 heteroatoms. The topological polar surface area (TPSA) is 63.6 Å². The van der Waals surface area contributed by atoms with E-state index in [0.717, 1.165) is 18.8 Å². The summed E-state index contributed by atoms with van der Waals surface area (Å²) in [7, 11) is 0. The molecule has 0 radical (unpaired) electrons. The van der Waals surface area contributed by atoms with Crippen LogP contribution in [0.2, 0.25) is 5.02 Å². The number of rotatable bonds is 4. The summed E-state index contributed by atoms with van der Waals surface area (Å²) in [6, 6.07) is 15.6. The van der Waals surface area contributed by atoms with E-state index in [2.05, 4.69) is 34.1 Å². The minimum atomic E-state index is -0.110. The number of aromatic nitrogens is 2. The SMILES string of the molecule is Cl.NC[C@@H]1CN(Cc2cc(=O)n3cc(Cl)ccc3n2)C[C@H]1c1ccccc1. The van der Waals surface area contributed by atoms with Gasteiger partial charge in [0.15, 0.2) is 0 Å². The maximum atomic E-state index is 12.4. The molecule has 1 fully saturated rings. The Morgan fingerprint density at radius 1 is 1.15 bits per heavy atom. The van der Waals surface area contributed by atoms with Crippen molar-refractivity contribution in [3.8, 4) is 0 Å². The van der Waals surface area contributed by atoms with E-state index in [0.29, 0.717) is 35.6 Å². The van der Waals surface area contributed by atoms with Gasteiger partial charge in [-0.1, -0.05) is 41.9 Å². The predicted octanol–water partition coefficient (Wildman–Crippen LogP) is 2.94. The zero-order valence-corrected chi connectivity index (χ0v) is 16.4. The van der Waals surface area contributed by atoms with E-state index in [1.165, 1.54) is 9.96 Å². The Balaban J connectivity index is 0.00000210. The predicted molar refractivity (Wildman–Crippen MR) is 111 cm³/mol. The van der Waals surface area contributed by atoms with Crippen LogP contribution >= 0.6 is 24.0 Å². The summed E-state index contributed by atoms with van der Waals surface area (Å²) in [5, 5.41) is 0.519.